The SMILES string of the molecule is COc1cccc2c(-c3cc(O)ccc3F)ccnc12. The monoisotopic (exact) mass is 269 g/mol. The molecule has 0 aliphatic carbocycles. The second kappa shape index (κ2) is 4.81. The van der Waals surface area contributed by atoms with Gasteiger partial charge in [-0.25, -0.2) is 4.39 Å². The topological polar surface area (TPSA) is 42.4 Å². The number of hydrogen-bond donors (Lipinski definition) is 1. The van der Waals surface area contributed by atoms with Gasteiger partial charge in [-0.1, -0.05) is 12.1 Å². The number of fused-ring (bicyclic) bond motifs is 1. The molecule has 20 heavy (non-hydrogen) atoms. The van der Waals surface area contributed by atoms with Crippen LogP contribution in [0.3, 0.4) is 0 Å². The van der Waals surface area contributed by atoms with Gasteiger partial charge < -0.3 is 9.84 Å². The highest BCUT2D eigenvalue weighted by molar-refractivity contribution is 5.97. The fourth-order valence-corrected chi connectivity index (χ4v) is 2.27. The molecule has 1 heterocycles. The van der Waals surface area contributed by atoms with Gasteiger partial charge in [0.15, 0.2) is 0 Å². The number of aromatic nitrogens is 1. The molecule has 0 aliphatic heterocycles. The van der Waals surface area contributed by atoms with Gasteiger partial charge in [-0.15, -0.1) is 0 Å². The summed E-state index contributed by atoms with van der Waals surface area (Å²) in [4.78, 5) is 4.28. The van der Waals surface area contributed by atoms with Crippen molar-refractivity contribution in [1.29, 1.82) is 0 Å². The molecule has 100 valence electrons. The second-order valence-electron chi connectivity index (χ2n) is 4.38. The van der Waals surface area contributed by atoms with E-state index in [1.54, 1.807) is 25.4 Å². The fraction of sp³-hybridized carbons (Fsp3) is 0.0625. The van der Waals surface area contributed by atoms with Gasteiger partial charge in [-0.2, -0.15) is 0 Å². The molecule has 0 atom stereocenters. The van der Waals surface area contributed by atoms with Crippen molar-refractivity contribution in [3.63, 3.8) is 0 Å². The first-order chi connectivity index (χ1) is 9.70. The van der Waals surface area contributed by atoms with Gasteiger partial charge in [0.25, 0.3) is 0 Å². The summed E-state index contributed by atoms with van der Waals surface area (Å²) in [5.41, 5.74) is 1.67. The van der Waals surface area contributed by atoms with E-state index in [1.807, 2.05) is 12.1 Å². The van der Waals surface area contributed by atoms with Crippen LogP contribution in [0.15, 0.2) is 48.7 Å². The third-order valence-electron chi connectivity index (χ3n) is 3.19. The predicted octanol–water partition coefficient (Wildman–Crippen LogP) is 3.76. The Morgan fingerprint density at radius 2 is 1.95 bits per heavy atom. The molecule has 2 aromatic carbocycles. The number of aromatic hydroxyl groups is 1. The molecule has 0 spiro atoms. The molecule has 3 aromatic rings. The first kappa shape index (κ1) is 12.4. The molecule has 3 rings (SSSR count). The summed E-state index contributed by atoms with van der Waals surface area (Å²) in [5, 5.41) is 10.3. The largest absolute Gasteiger partial charge is 0.508 e. The van der Waals surface area contributed by atoms with Crippen LogP contribution in [-0.4, -0.2) is 17.2 Å². The van der Waals surface area contributed by atoms with Gasteiger partial charge in [0.2, 0.25) is 0 Å². The quantitative estimate of drug-likeness (QED) is 0.770. The minimum Gasteiger partial charge on any atom is -0.508 e. The molecule has 0 aliphatic rings. The van der Waals surface area contributed by atoms with E-state index in [1.165, 1.54) is 18.2 Å². The Balaban J connectivity index is 2.34. The van der Waals surface area contributed by atoms with Crippen molar-refractivity contribution < 1.29 is 14.2 Å². The molecule has 0 amide bonds. The van der Waals surface area contributed by atoms with Crippen LogP contribution in [0.5, 0.6) is 11.5 Å². The molecule has 4 heteroatoms. The van der Waals surface area contributed by atoms with E-state index in [2.05, 4.69) is 4.98 Å². The van der Waals surface area contributed by atoms with Crippen molar-refractivity contribution >= 4 is 10.9 Å². The maximum atomic E-state index is 14.0. The third-order valence-corrected chi connectivity index (χ3v) is 3.19. The highest BCUT2D eigenvalue weighted by atomic mass is 19.1. The van der Waals surface area contributed by atoms with E-state index >= 15 is 0 Å². The van der Waals surface area contributed by atoms with Crippen LogP contribution in [-0.2, 0) is 0 Å². The summed E-state index contributed by atoms with van der Waals surface area (Å²) in [5.74, 6) is 0.261. The first-order valence-corrected chi connectivity index (χ1v) is 6.11. The molecular weight excluding hydrogens is 257 g/mol. The molecule has 3 nitrogen and oxygen atoms in total. The number of phenolic OH excluding ortho intramolecular Hbond substituents is 1. The van der Waals surface area contributed by atoms with Crippen LogP contribution in [0.2, 0.25) is 0 Å². The van der Waals surface area contributed by atoms with E-state index in [-0.39, 0.29) is 5.75 Å². The number of phenols is 1. The number of ether oxygens (including phenoxy) is 1. The van der Waals surface area contributed by atoms with E-state index < -0.39 is 5.82 Å². The number of para-hydroxylation sites is 1. The number of methoxy groups -OCH3 is 1. The van der Waals surface area contributed by atoms with Crippen LogP contribution in [0, 0.1) is 5.82 Å². The minimum atomic E-state index is -0.391. The maximum Gasteiger partial charge on any atom is 0.145 e. The number of hydrogen-bond acceptors (Lipinski definition) is 3. The van der Waals surface area contributed by atoms with Crippen molar-refractivity contribution in [2.45, 2.75) is 0 Å². The highest BCUT2D eigenvalue weighted by Gasteiger charge is 2.12. The molecule has 0 fully saturated rings. The lowest BCUT2D eigenvalue weighted by Crippen LogP contribution is -1.91. The lowest BCUT2D eigenvalue weighted by atomic mass is 10.0. The average molecular weight is 269 g/mol. The second-order valence-corrected chi connectivity index (χ2v) is 4.38. The van der Waals surface area contributed by atoms with Gasteiger partial charge in [0.1, 0.15) is 22.8 Å². The molecule has 1 N–H and O–H groups in total. The summed E-state index contributed by atoms with van der Waals surface area (Å²) < 4.78 is 19.3. The Kier molecular flexibility index (Phi) is 2.99. The Bertz CT molecular complexity index is 787. The van der Waals surface area contributed by atoms with Gasteiger partial charge in [-0.05, 0) is 35.9 Å². The first-order valence-electron chi connectivity index (χ1n) is 6.11. The molecular formula is C16H12FNO2. The molecule has 0 unspecified atom stereocenters. The zero-order chi connectivity index (χ0) is 14.1. The number of pyridine rings is 1. The zero-order valence-corrected chi connectivity index (χ0v) is 10.8. The normalized spacial score (nSPS) is 10.7. The lowest BCUT2D eigenvalue weighted by Gasteiger charge is -2.10. The minimum absolute atomic E-state index is 0.0225. The standard InChI is InChI=1S/C16H12FNO2/c1-20-15-4-2-3-12-11(7-8-18-16(12)15)13-9-10(19)5-6-14(13)17/h2-9,19H,1H3. The summed E-state index contributed by atoms with van der Waals surface area (Å²) in [6.45, 7) is 0. The van der Waals surface area contributed by atoms with Crippen LogP contribution >= 0.6 is 0 Å². The van der Waals surface area contributed by atoms with Crippen LogP contribution < -0.4 is 4.74 Å². The van der Waals surface area contributed by atoms with Crippen molar-refractivity contribution in [2.24, 2.45) is 0 Å². The number of rotatable bonds is 2. The van der Waals surface area contributed by atoms with Gasteiger partial charge in [0, 0.05) is 17.1 Å². The molecule has 1 aromatic heterocycles. The van der Waals surface area contributed by atoms with E-state index in [0.717, 1.165) is 5.39 Å². The Labute approximate surface area is 115 Å². The summed E-state index contributed by atoms with van der Waals surface area (Å²) >= 11 is 0. The van der Waals surface area contributed by atoms with E-state index in [4.69, 9.17) is 4.74 Å². The molecule has 0 saturated heterocycles. The number of benzene rings is 2. The van der Waals surface area contributed by atoms with Gasteiger partial charge >= 0.3 is 0 Å². The van der Waals surface area contributed by atoms with Crippen LogP contribution in [0.1, 0.15) is 0 Å². The predicted molar refractivity (Wildman–Crippen MR) is 75.4 cm³/mol. The smallest absolute Gasteiger partial charge is 0.145 e. The molecule has 0 radical (unpaired) electrons. The maximum absolute atomic E-state index is 14.0. The number of nitrogens with zero attached hydrogens (tertiary/aromatic N) is 1. The Morgan fingerprint density at radius 3 is 2.75 bits per heavy atom. The van der Waals surface area contributed by atoms with E-state index in [0.29, 0.717) is 22.4 Å². The van der Waals surface area contributed by atoms with Gasteiger partial charge in [0.05, 0.1) is 7.11 Å². The highest BCUT2D eigenvalue weighted by Crippen LogP contribution is 2.34. The number of halogens is 1. The van der Waals surface area contributed by atoms with Crippen LogP contribution in [0.4, 0.5) is 4.39 Å². The molecule has 0 saturated carbocycles. The lowest BCUT2D eigenvalue weighted by molar-refractivity contribution is 0.419. The van der Waals surface area contributed by atoms with Crippen molar-refractivity contribution in [1.82, 2.24) is 4.98 Å². The van der Waals surface area contributed by atoms with Gasteiger partial charge in [-0.3, -0.25) is 4.98 Å². The summed E-state index contributed by atoms with van der Waals surface area (Å²) in [6, 6.07) is 11.2. The van der Waals surface area contributed by atoms with Crippen molar-refractivity contribution in [3.05, 3.63) is 54.5 Å². The fourth-order valence-electron chi connectivity index (χ4n) is 2.27. The Morgan fingerprint density at radius 1 is 1.10 bits per heavy atom. The molecule has 0 bridgehead atoms. The average Bonchev–Trinajstić information content (AvgIpc) is 2.48. The summed E-state index contributed by atoms with van der Waals surface area (Å²) in [7, 11) is 1.57. The summed E-state index contributed by atoms with van der Waals surface area (Å²) in [6.07, 6.45) is 1.60. The third kappa shape index (κ3) is 1.95. The van der Waals surface area contributed by atoms with E-state index in [9.17, 15) is 9.50 Å². The zero-order valence-electron chi connectivity index (χ0n) is 10.8. The van der Waals surface area contributed by atoms with Crippen molar-refractivity contribution in [3.8, 4) is 22.6 Å². The van der Waals surface area contributed by atoms with Crippen molar-refractivity contribution in [2.75, 3.05) is 7.11 Å². The Hall–Kier alpha value is -2.62. The van der Waals surface area contributed by atoms with Crippen LogP contribution in [0.25, 0.3) is 22.0 Å².